The third-order valence-electron chi connectivity index (χ3n) is 2.92. The van der Waals surface area contributed by atoms with E-state index in [1.807, 2.05) is 0 Å². The number of carbonyl (C=O) groups is 2. The molecule has 0 amide bonds. The van der Waals surface area contributed by atoms with Crippen molar-refractivity contribution in [3.63, 3.8) is 0 Å². The fourth-order valence-electron chi connectivity index (χ4n) is 1.94. The Morgan fingerprint density at radius 1 is 1.27 bits per heavy atom. The lowest BCUT2D eigenvalue weighted by Gasteiger charge is -2.07. The van der Waals surface area contributed by atoms with Crippen molar-refractivity contribution in [1.82, 2.24) is 9.78 Å². The summed E-state index contributed by atoms with van der Waals surface area (Å²) < 4.78 is 10.7. The van der Waals surface area contributed by atoms with E-state index >= 15 is 0 Å². The van der Waals surface area contributed by atoms with E-state index in [0.29, 0.717) is 10.7 Å². The van der Waals surface area contributed by atoms with E-state index in [0.717, 1.165) is 0 Å². The van der Waals surface area contributed by atoms with Crippen LogP contribution in [0.5, 0.6) is 5.88 Å². The first-order chi connectivity index (χ1) is 10.3. The summed E-state index contributed by atoms with van der Waals surface area (Å²) >= 11 is 11.9. The number of hydrogen-bond acceptors (Lipinski definition) is 5. The Bertz CT molecular complexity index is 756. The van der Waals surface area contributed by atoms with Gasteiger partial charge in [-0.25, -0.2) is 9.48 Å². The van der Waals surface area contributed by atoms with Crippen molar-refractivity contribution < 1.29 is 19.1 Å². The van der Waals surface area contributed by atoms with Gasteiger partial charge in [0.25, 0.3) is 0 Å². The Labute approximate surface area is 136 Å². The number of halogens is 2. The molecule has 0 saturated carbocycles. The van der Waals surface area contributed by atoms with Crippen LogP contribution in [0, 0.1) is 6.92 Å². The van der Waals surface area contributed by atoms with E-state index in [1.54, 1.807) is 20.0 Å². The Morgan fingerprint density at radius 3 is 2.55 bits per heavy atom. The van der Waals surface area contributed by atoms with Crippen molar-refractivity contribution in [2.75, 3.05) is 7.11 Å². The van der Waals surface area contributed by atoms with Gasteiger partial charge in [-0.15, -0.1) is 0 Å². The normalized spacial score (nSPS) is 10.4. The average molecular weight is 343 g/mol. The molecule has 0 unspecified atom stereocenters. The molecule has 0 saturated heterocycles. The van der Waals surface area contributed by atoms with E-state index in [-0.39, 0.29) is 22.0 Å². The van der Waals surface area contributed by atoms with E-state index in [1.165, 1.54) is 23.9 Å². The summed E-state index contributed by atoms with van der Waals surface area (Å²) in [6, 6.07) is 4.51. The lowest BCUT2D eigenvalue weighted by Crippen LogP contribution is -2.13. The van der Waals surface area contributed by atoms with Crippen molar-refractivity contribution in [3.8, 4) is 5.88 Å². The predicted molar refractivity (Wildman–Crippen MR) is 80.9 cm³/mol. The lowest BCUT2D eigenvalue weighted by atomic mass is 10.0. The molecule has 116 valence electrons. The van der Waals surface area contributed by atoms with Crippen molar-refractivity contribution in [3.05, 3.63) is 45.1 Å². The van der Waals surface area contributed by atoms with Crippen LogP contribution < -0.4 is 4.74 Å². The van der Waals surface area contributed by atoms with Gasteiger partial charge >= 0.3 is 6.16 Å². The van der Waals surface area contributed by atoms with Crippen molar-refractivity contribution in [2.45, 2.75) is 6.92 Å². The van der Waals surface area contributed by atoms with Crippen molar-refractivity contribution >= 4 is 35.1 Å². The molecule has 2 rings (SSSR count). The molecule has 1 heterocycles. The molecule has 1 aromatic carbocycles. The molecule has 0 aliphatic carbocycles. The summed E-state index contributed by atoms with van der Waals surface area (Å²) in [7, 11) is 2.72. The first-order valence-electron chi connectivity index (χ1n) is 6.14. The second-order valence-electron chi connectivity index (χ2n) is 4.40. The Kier molecular flexibility index (Phi) is 4.73. The van der Waals surface area contributed by atoms with Gasteiger partial charge in [-0.1, -0.05) is 23.2 Å². The summed E-state index contributed by atoms with van der Waals surface area (Å²) in [5, 5.41) is 4.70. The third-order valence-corrected chi connectivity index (χ3v) is 3.47. The number of ketones is 1. The molecule has 0 spiro atoms. The summed E-state index contributed by atoms with van der Waals surface area (Å²) in [6.45, 7) is 1.63. The smallest absolute Gasteiger partial charge is 0.437 e. The highest BCUT2D eigenvalue weighted by atomic mass is 35.5. The summed E-state index contributed by atoms with van der Waals surface area (Å²) in [5.74, 6) is -0.438. The molecule has 2 aromatic rings. The number of carbonyl (C=O) groups excluding carboxylic acids is 2. The first-order valence-corrected chi connectivity index (χ1v) is 6.90. The van der Waals surface area contributed by atoms with E-state index in [2.05, 4.69) is 9.84 Å². The minimum atomic E-state index is -0.945. The molecule has 0 fully saturated rings. The fraction of sp³-hybridized carbons (Fsp3) is 0.214. The van der Waals surface area contributed by atoms with Crippen LogP contribution >= 0.6 is 23.2 Å². The quantitative estimate of drug-likeness (QED) is 0.631. The second-order valence-corrected chi connectivity index (χ2v) is 5.24. The highest BCUT2D eigenvalue weighted by molar-refractivity contribution is 6.37. The Morgan fingerprint density at radius 2 is 1.95 bits per heavy atom. The fourth-order valence-corrected chi connectivity index (χ4v) is 2.44. The number of rotatable bonds is 3. The molecule has 0 atom stereocenters. The number of methoxy groups -OCH3 is 1. The van der Waals surface area contributed by atoms with E-state index in [4.69, 9.17) is 27.9 Å². The maximum Gasteiger partial charge on any atom is 0.514 e. The largest absolute Gasteiger partial charge is 0.514 e. The summed E-state index contributed by atoms with van der Waals surface area (Å²) in [6.07, 6.45) is -0.945. The molecule has 22 heavy (non-hydrogen) atoms. The zero-order valence-corrected chi connectivity index (χ0v) is 13.5. The van der Waals surface area contributed by atoms with Crippen LogP contribution in [-0.4, -0.2) is 28.8 Å². The minimum absolute atomic E-state index is 0.0135. The minimum Gasteiger partial charge on any atom is -0.437 e. The number of ether oxygens (including phenoxy) is 2. The van der Waals surface area contributed by atoms with Crippen molar-refractivity contribution in [2.24, 2.45) is 7.05 Å². The zero-order chi connectivity index (χ0) is 16.4. The summed E-state index contributed by atoms with van der Waals surface area (Å²) in [4.78, 5) is 24.0. The molecule has 0 N–H and O–H groups in total. The average Bonchev–Trinajstić information content (AvgIpc) is 2.72. The second kappa shape index (κ2) is 6.37. The standard InChI is InChI=1S/C14H12Cl2N2O4/c1-7-11(13(18(2)17-7)22-14(20)21-3)12(19)9-5-4-8(15)6-10(9)16/h4-6H,1-3H3. The van der Waals surface area contributed by atoms with Gasteiger partial charge in [-0.3, -0.25) is 4.79 Å². The summed E-state index contributed by atoms with van der Waals surface area (Å²) in [5.41, 5.74) is 0.770. The van der Waals surface area contributed by atoms with Crippen LogP contribution in [0.2, 0.25) is 10.0 Å². The van der Waals surface area contributed by atoms with Gasteiger partial charge in [0.1, 0.15) is 5.56 Å². The maximum absolute atomic E-state index is 12.7. The first kappa shape index (κ1) is 16.3. The number of aromatic nitrogens is 2. The molecular formula is C14H12Cl2N2O4. The molecule has 0 radical (unpaired) electrons. The highest BCUT2D eigenvalue weighted by Crippen LogP contribution is 2.29. The number of aryl methyl sites for hydroxylation is 2. The Balaban J connectivity index is 2.51. The molecule has 0 bridgehead atoms. The molecule has 6 nitrogen and oxygen atoms in total. The topological polar surface area (TPSA) is 70.4 Å². The molecule has 1 aromatic heterocycles. The van der Waals surface area contributed by atoms with Crippen LogP contribution in [0.3, 0.4) is 0 Å². The van der Waals surface area contributed by atoms with Gasteiger partial charge < -0.3 is 9.47 Å². The highest BCUT2D eigenvalue weighted by Gasteiger charge is 2.26. The SMILES string of the molecule is COC(=O)Oc1c(C(=O)c2ccc(Cl)cc2Cl)c(C)nn1C. The van der Waals surface area contributed by atoms with Crippen molar-refractivity contribution in [1.29, 1.82) is 0 Å². The van der Waals surface area contributed by atoms with E-state index < -0.39 is 11.9 Å². The third kappa shape index (κ3) is 3.08. The van der Waals surface area contributed by atoms with Crippen LogP contribution in [0.1, 0.15) is 21.6 Å². The van der Waals surface area contributed by atoms with Crippen LogP contribution in [0.25, 0.3) is 0 Å². The Hall–Kier alpha value is -2.05. The monoisotopic (exact) mass is 342 g/mol. The van der Waals surface area contributed by atoms with Gasteiger partial charge in [-0.05, 0) is 25.1 Å². The van der Waals surface area contributed by atoms with Gasteiger partial charge in [0.05, 0.1) is 17.8 Å². The van der Waals surface area contributed by atoms with Gasteiger partial charge in [-0.2, -0.15) is 5.10 Å². The zero-order valence-electron chi connectivity index (χ0n) is 12.0. The number of hydrogen-bond donors (Lipinski definition) is 0. The molecular weight excluding hydrogens is 331 g/mol. The predicted octanol–water partition coefficient (Wildman–Crippen LogP) is 3.41. The molecule has 0 aliphatic heterocycles. The van der Waals surface area contributed by atoms with Gasteiger partial charge in [0, 0.05) is 17.6 Å². The van der Waals surface area contributed by atoms with Crippen LogP contribution in [0.15, 0.2) is 18.2 Å². The number of benzene rings is 1. The van der Waals surface area contributed by atoms with Crippen LogP contribution in [-0.2, 0) is 11.8 Å². The van der Waals surface area contributed by atoms with Gasteiger partial charge in [0.15, 0.2) is 0 Å². The number of nitrogens with zero attached hydrogens (tertiary/aromatic N) is 2. The van der Waals surface area contributed by atoms with Crippen LogP contribution in [0.4, 0.5) is 4.79 Å². The maximum atomic E-state index is 12.7. The molecule has 0 aliphatic rings. The molecule has 8 heteroatoms. The van der Waals surface area contributed by atoms with E-state index in [9.17, 15) is 9.59 Å². The van der Waals surface area contributed by atoms with Gasteiger partial charge in [0.2, 0.25) is 11.7 Å². The lowest BCUT2D eigenvalue weighted by molar-refractivity contribution is 0.102.